The molecule has 0 N–H and O–H groups in total. The lowest BCUT2D eigenvalue weighted by molar-refractivity contribution is 0.989. The van der Waals surface area contributed by atoms with Gasteiger partial charge in [0, 0.05) is 0 Å². The molecule has 0 bridgehead atoms. The summed E-state index contributed by atoms with van der Waals surface area (Å²) in [6, 6.07) is 8.78. The van der Waals surface area contributed by atoms with Crippen LogP contribution >= 0.6 is 0 Å². The maximum absolute atomic E-state index is 2.46. The van der Waals surface area contributed by atoms with Crippen LogP contribution in [0.2, 0.25) is 25.2 Å². The normalized spacial score (nSPS) is 17.2. The fraction of sp³-hybridized carbons (Fsp3) is 0.429. The number of allylic oxidation sites excluding steroid dienone is 1. The van der Waals surface area contributed by atoms with E-state index in [0.29, 0.717) is 0 Å². The molecule has 80 valence electrons. The van der Waals surface area contributed by atoms with Crippen LogP contribution in [0, 0.1) is 0 Å². The second kappa shape index (κ2) is 3.64. The summed E-state index contributed by atoms with van der Waals surface area (Å²) >= 11 is 0. The third-order valence-electron chi connectivity index (χ3n) is 3.65. The van der Waals surface area contributed by atoms with Crippen LogP contribution in [-0.2, 0) is 6.42 Å². The van der Waals surface area contributed by atoms with Crippen LogP contribution in [0.5, 0.6) is 0 Å². The molecule has 0 radical (unpaired) electrons. The molecule has 2 rings (SSSR count). The van der Waals surface area contributed by atoms with Gasteiger partial charge in [0.15, 0.2) is 0 Å². The van der Waals surface area contributed by atoms with Crippen molar-refractivity contribution in [2.45, 2.75) is 38.5 Å². The average molecular weight is 216 g/mol. The highest BCUT2D eigenvalue weighted by Gasteiger charge is 2.27. The van der Waals surface area contributed by atoms with Crippen molar-refractivity contribution in [3.05, 3.63) is 41.0 Å². The van der Waals surface area contributed by atoms with Crippen LogP contribution < -0.4 is 0 Å². The lowest BCUT2D eigenvalue weighted by Gasteiger charge is -2.26. The first-order valence-corrected chi connectivity index (χ1v) is 9.34. The minimum Gasteiger partial charge on any atom is -0.0691 e. The molecule has 0 aromatic heterocycles. The molecule has 0 heterocycles. The molecule has 0 aliphatic heterocycles. The second-order valence-electron chi connectivity index (χ2n) is 5.68. The third kappa shape index (κ3) is 2.07. The van der Waals surface area contributed by atoms with E-state index in [-0.39, 0.29) is 0 Å². The quantitative estimate of drug-likeness (QED) is 0.645. The standard InChI is InChI=1S/C14H20Si/c1-11(15(2,3)4)14-9-12-7-5-6-8-13(12)10-14/h5-9,11H,10H2,1-4H3. The number of rotatable bonds is 2. The van der Waals surface area contributed by atoms with E-state index < -0.39 is 8.07 Å². The fourth-order valence-corrected chi connectivity index (χ4v) is 3.44. The van der Waals surface area contributed by atoms with Crippen molar-refractivity contribution in [2.24, 2.45) is 0 Å². The predicted molar refractivity (Wildman–Crippen MR) is 70.9 cm³/mol. The van der Waals surface area contributed by atoms with Gasteiger partial charge in [-0.15, -0.1) is 0 Å². The molecule has 0 spiro atoms. The van der Waals surface area contributed by atoms with E-state index in [0.717, 1.165) is 5.54 Å². The zero-order valence-corrected chi connectivity index (χ0v) is 11.2. The van der Waals surface area contributed by atoms with Crippen LogP contribution in [0.4, 0.5) is 0 Å². The SMILES string of the molecule is CC(C1=Cc2ccccc2C1)[Si](C)(C)C. The molecule has 1 unspecified atom stereocenters. The number of hydrogen-bond donors (Lipinski definition) is 0. The van der Waals surface area contributed by atoms with Crippen LogP contribution in [0.25, 0.3) is 6.08 Å². The zero-order valence-electron chi connectivity index (χ0n) is 10.2. The largest absolute Gasteiger partial charge is 0.0691 e. The van der Waals surface area contributed by atoms with Gasteiger partial charge in [-0.05, 0) is 23.1 Å². The van der Waals surface area contributed by atoms with E-state index in [1.54, 1.807) is 5.57 Å². The smallest absolute Gasteiger partial charge is 0.0513 e. The summed E-state index contributed by atoms with van der Waals surface area (Å²) in [5.41, 5.74) is 5.40. The molecule has 1 aliphatic carbocycles. The maximum atomic E-state index is 2.46. The highest BCUT2D eigenvalue weighted by Crippen LogP contribution is 2.37. The molecule has 1 aromatic carbocycles. The molecule has 0 fully saturated rings. The van der Waals surface area contributed by atoms with E-state index in [9.17, 15) is 0 Å². The lowest BCUT2D eigenvalue weighted by atomic mass is 10.1. The Morgan fingerprint density at radius 1 is 1.13 bits per heavy atom. The molecule has 15 heavy (non-hydrogen) atoms. The topological polar surface area (TPSA) is 0 Å². The minimum atomic E-state index is -1.03. The van der Waals surface area contributed by atoms with Crippen LogP contribution in [0.3, 0.4) is 0 Å². The van der Waals surface area contributed by atoms with Crippen molar-refractivity contribution in [1.29, 1.82) is 0 Å². The summed E-state index contributed by atoms with van der Waals surface area (Å²) < 4.78 is 0. The first kappa shape index (κ1) is 10.7. The maximum Gasteiger partial charge on any atom is 0.0513 e. The summed E-state index contributed by atoms with van der Waals surface area (Å²) in [4.78, 5) is 0. The predicted octanol–water partition coefficient (Wildman–Crippen LogP) is 4.35. The Balaban J connectivity index is 2.25. The van der Waals surface area contributed by atoms with Gasteiger partial charge >= 0.3 is 0 Å². The van der Waals surface area contributed by atoms with Gasteiger partial charge in [0.25, 0.3) is 0 Å². The molecular formula is C14H20Si. The van der Waals surface area contributed by atoms with Crippen molar-refractivity contribution in [1.82, 2.24) is 0 Å². The second-order valence-corrected chi connectivity index (χ2v) is 11.3. The molecule has 0 amide bonds. The van der Waals surface area contributed by atoms with Crippen molar-refractivity contribution >= 4 is 14.1 Å². The summed E-state index contributed by atoms with van der Waals surface area (Å²) in [5, 5.41) is 0. The van der Waals surface area contributed by atoms with Gasteiger partial charge in [-0.25, -0.2) is 0 Å². The molecule has 1 atom stereocenters. The molecule has 0 nitrogen and oxygen atoms in total. The Morgan fingerprint density at radius 3 is 2.40 bits per heavy atom. The van der Waals surface area contributed by atoms with Gasteiger partial charge in [0.05, 0.1) is 8.07 Å². The first-order chi connectivity index (χ1) is 6.98. The fourth-order valence-electron chi connectivity index (χ4n) is 2.14. The molecule has 0 saturated heterocycles. The van der Waals surface area contributed by atoms with E-state index >= 15 is 0 Å². The Bertz CT molecular complexity index is 396. The van der Waals surface area contributed by atoms with Gasteiger partial charge in [-0.3, -0.25) is 0 Å². The molecule has 1 aliphatic rings. The van der Waals surface area contributed by atoms with Gasteiger partial charge in [0.2, 0.25) is 0 Å². The van der Waals surface area contributed by atoms with Crippen molar-refractivity contribution in [3.8, 4) is 0 Å². The Kier molecular flexibility index (Phi) is 2.59. The van der Waals surface area contributed by atoms with Gasteiger partial charge in [-0.2, -0.15) is 0 Å². The summed E-state index contributed by atoms with van der Waals surface area (Å²) in [6.07, 6.45) is 3.60. The highest BCUT2D eigenvalue weighted by atomic mass is 28.3. The number of benzene rings is 1. The Hall–Kier alpha value is -0.823. The molecule has 1 aromatic rings. The van der Waals surface area contributed by atoms with Crippen molar-refractivity contribution in [2.75, 3.05) is 0 Å². The van der Waals surface area contributed by atoms with Gasteiger partial charge in [-0.1, -0.05) is 62.5 Å². The van der Waals surface area contributed by atoms with E-state index in [2.05, 4.69) is 56.9 Å². The summed E-state index contributed by atoms with van der Waals surface area (Å²) in [5.74, 6) is 0. The van der Waals surface area contributed by atoms with E-state index in [1.165, 1.54) is 17.5 Å². The minimum absolute atomic E-state index is 0.796. The molecular weight excluding hydrogens is 196 g/mol. The van der Waals surface area contributed by atoms with Crippen LogP contribution in [0.15, 0.2) is 29.8 Å². The summed E-state index contributed by atoms with van der Waals surface area (Å²) in [6.45, 7) is 9.79. The Morgan fingerprint density at radius 2 is 1.80 bits per heavy atom. The molecule has 0 saturated carbocycles. The van der Waals surface area contributed by atoms with Crippen molar-refractivity contribution < 1.29 is 0 Å². The van der Waals surface area contributed by atoms with E-state index in [1.807, 2.05) is 0 Å². The van der Waals surface area contributed by atoms with Gasteiger partial charge in [0.1, 0.15) is 0 Å². The van der Waals surface area contributed by atoms with Crippen LogP contribution in [-0.4, -0.2) is 8.07 Å². The van der Waals surface area contributed by atoms with Gasteiger partial charge < -0.3 is 0 Å². The Labute approximate surface area is 94.0 Å². The number of hydrogen-bond acceptors (Lipinski definition) is 0. The average Bonchev–Trinajstić information content (AvgIpc) is 2.58. The third-order valence-corrected chi connectivity index (χ3v) is 6.61. The van der Waals surface area contributed by atoms with Crippen LogP contribution in [0.1, 0.15) is 18.1 Å². The first-order valence-electron chi connectivity index (χ1n) is 5.77. The van der Waals surface area contributed by atoms with Crippen molar-refractivity contribution in [3.63, 3.8) is 0 Å². The van der Waals surface area contributed by atoms with E-state index in [4.69, 9.17) is 0 Å². The lowest BCUT2D eigenvalue weighted by Crippen LogP contribution is -2.27. The highest BCUT2D eigenvalue weighted by molar-refractivity contribution is 6.78. The zero-order chi connectivity index (χ0) is 11.1. The monoisotopic (exact) mass is 216 g/mol. The summed E-state index contributed by atoms with van der Waals surface area (Å²) in [7, 11) is -1.03. The number of fused-ring (bicyclic) bond motifs is 1. The molecule has 1 heteroatoms.